The van der Waals surface area contributed by atoms with Gasteiger partial charge in [0.2, 0.25) is 0 Å². The number of aromatic nitrogens is 1. The van der Waals surface area contributed by atoms with Gasteiger partial charge in [-0.2, -0.15) is 4.99 Å². The lowest BCUT2D eigenvalue weighted by atomic mass is 10.0. The quantitative estimate of drug-likeness (QED) is 0.637. The summed E-state index contributed by atoms with van der Waals surface area (Å²) in [4.78, 5) is 17.0. The first-order valence-electron chi connectivity index (χ1n) is 8.75. The average Bonchev–Trinajstić information content (AvgIpc) is 2.96. The number of thiazole rings is 1. The number of aryl methyl sites for hydroxylation is 1. The molecule has 0 aliphatic carbocycles. The Morgan fingerprint density at radius 1 is 1.18 bits per heavy atom. The highest BCUT2D eigenvalue weighted by Crippen LogP contribution is 2.23. The molecule has 2 aromatic carbocycles. The second kappa shape index (κ2) is 7.89. The number of sulfone groups is 1. The van der Waals surface area contributed by atoms with E-state index in [1.54, 1.807) is 12.1 Å². The number of ether oxygens (including phenoxy) is 1. The molecule has 8 heteroatoms. The maximum atomic E-state index is 12.5. The van der Waals surface area contributed by atoms with Crippen molar-refractivity contribution in [2.45, 2.75) is 24.7 Å². The molecule has 0 aliphatic heterocycles. The Morgan fingerprint density at radius 3 is 2.46 bits per heavy atom. The molecule has 148 valence electrons. The Labute approximate surface area is 168 Å². The fourth-order valence-corrected chi connectivity index (χ4v) is 4.98. The number of hydrogen-bond acceptors (Lipinski definition) is 5. The van der Waals surface area contributed by atoms with Crippen molar-refractivity contribution in [1.82, 2.24) is 4.57 Å². The van der Waals surface area contributed by atoms with E-state index < -0.39 is 21.5 Å². The third kappa shape index (κ3) is 4.18. The molecule has 0 atom stereocenters. The van der Waals surface area contributed by atoms with E-state index in [0.29, 0.717) is 16.5 Å². The zero-order valence-electron chi connectivity index (χ0n) is 16.2. The molecule has 28 heavy (non-hydrogen) atoms. The SMILES string of the molecule is COc1ccc(S(=O)(=O)CC(=O)N=c2sc3cc(C(C)C)ccc3n2C)cc1. The molecule has 1 amide bonds. The fourth-order valence-electron chi connectivity index (χ4n) is 2.78. The lowest BCUT2D eigenvalue weighted by Crippen LogP contribution is -2.19. The standard InChI is InChI=1S/C20H22N2O4S2/c1-13(2)14-5-10-17-18(11-14)27-20(22(17)3)21-19(23)12-28(24,25)16-8-6-15(26-4)7-9-16/h5-11,13H,12H2,1-4H3. The topological polar surface area (TPSA) is 77.7 Å². The van der Waals surface area contributed by atoms with Crippen LogP contribution in [-0.2, 0) is 21.7 Å². The number of carbonyl (C=O) groups excluding carboxylic acids is 1. The highest BCUT2D eigenvalue weighted by atomic mass is 32.2. The second-order valence-corrected chi connectivity index (χ2v) is 9.76. The van der Waals surface area contributed by atoms with Crippen LogP contribution in [0.4, 0.5) is 0 Å². The summed E-state index contributed by atoms with van der Waals surface area (Å²) in [7, 11) is -0.450. The molecule has 0 unspecified atom stereocenters. The number of benzene rings is 2. The number of amides is 1. The first kappa shape index (κ1) is 20.3. The number of methoxy groups -OCH3 is 1. The van der Waals surface area contributed by atoms with E-state index in [-0.39, 0.29) is 4.90 Å². The molecule has 3 rings (SSSR count). The van der Waals surface area contributed by atoms with E-state index in [1.165, 1.54) is 36.1 Å². The highest BCUT2D eigenvalue weighted by molar-refractivity contribution is 7.92. The van der Waals surface area contributed by atoms with Gasteiger partial charge in [-0.15, -0.1) is 0 Å². The molecule has 0 fully saturated rings. The molecule has 0 aliphatic rings. The maximum Gasteiger partial charge on any atom is 0.263 e. The zero-order valence-corrected chi connectivity index (χ0v) is 17.8. The van der Waals surface area contributed by atoms with Gasteiger partial charge in [0.25, 0.3) is 5.91 Å². The van der Waals surface area contributed by atoms with Crippen LogP contribution >= 0.6 is 11.3 Å². The third-order valence-electron chi connectivity index (χ3n) is 4.45. The van der Waals surface area contributed by atoms with Crippen molar-refractivity contribution in [3.05, 3.63) is 52.8 Å². The minimum atomic E-state index is -3.77. The van der Waals surface area contributed by atoms with Gasteiger partial charge in [0, 0.05) is 7.05 Å². The van der Waals surface area contributed by atoms with Crippen molar-refractivity contribution < 1.29 is 17.9 Å². The average molecular weight is 419 g/mol. The summed E-state index contributed by atoms with van der Waals surface area (Å²) < 4.78 is 32.8. The molecule has 0 spiro atoms. The van der Waals surface area contributed by atoms with Crippen molar-refractivity contribution in [2.24, 2.45) is 12.0 Å². The van der Waals surface area contributed by atoms with E-state index >= 15 is 0 Å². The zero-order chi connectivity index (χ0) is 20.5. The van der Waals surface area contributed by atoms with Crippen molar-refractivity contribution >= 4 is 37.3 Å². The van der Waals surface area contributed by atoms with Crippen LogP contribution in [0.25, 0.3) is 10.2 Å². The summed E-state index contributed by atoms with van der Waals surface area (Å²) >= 11 is 1.37. The monoisotopic (exact) mass is 418 g/mol. The van der Waals surface area contributed by atoms with E-state index in [2.05, 4.69) is 31.0 Å². The molecule has 0 saturated carbocycles. The normalized spacial score (nSPS) is 12.7. The van der Waals surface area contributed by atoms with Crippen molar-refractivity contribution in [1.29, 1.82) is 0 Å². The third-order valence-corrected chi connectivity index (χ3v) is 7.16. The summed E-state index contributed by atoms with van der Waals surface area (Å²) in [6, 6.07) is 12.1. The van der Waals surface area contributed by atoms with Crippen LogP contribution in [0.5, 0.6) is 5.75 Å². The summed E-state index contributed by atoms with van der Waals surface area (Å²) in [5.41, 5.74) is 2.16. The molecular formula is C20H22N2O4S2. The molecule has 1 aromatic heterocycles. The van der Waals surface area contributed by atoms with Gasteiger partial charge in [0.05, 0.1) is 22.2 Å². The van der Waals surface area contributed by atoms with Gasteiger partial charge >= 0.3 is 0 Å². The van der Waals surface area contributed by atoms with Crippen LogP contribution in [0.1, 0.15) is 25.3 Å². The van der Waals surface area contributed by atoms with Crippen LogP contribution in [-0.4, -0.2) is 31.8 Å². The molecule has 0 radical (unpaired) electrons. The second-order valence-electron chi connectivity index (χ2n) is 6.77. The lowest BCUT2D eigenvalue weighted by Gasteiger charge is -2.04. The summed E-state index contributed by atoms with van der Waals surface area (Å²) in [6.45, 7) is 4.24. The molecule has 1 heterocycles. The highest BCUT2D eigenvalue weighted by Gasteiger charge is 2.19. The largest absolute Gasteiger partial charge is 0.497 e. The van der Waals surface area contributed by atoms with Crippen LogP contribution in [0.15, 0.2) is 52.4 Å². The smallest absolute Gasteiger partial charge is 0.263 e. The number of carbonyl (C=O) groups is 1. The molecule has 0 N–H and O–H groups in total. The van der Waals surface area contributed by atoms with E-state index in [0.717, 1.165) is 10.2 Å². The minimum absolute atomic E-state index is 0.0686. The molecule has 0 bridgehead atoms. The lowest BCUT2D eigenvalue weighted by molar-refractivity contribution is -0.115. The van der Waals surface area contributed by atoms with E-state index in [1.807, 2.05) is 17.7 Å². The van der Waals surface area contributed by atoms with Crippen LogP contribution in [0, 0.1) is 0 Å². The van der Waals surface area contributed by atoms with Crippen LogP contribution in [0.2, 0.25) is 0 Å². The Bertz CT molecular complexity index is 1190. The number of rotatable bonds is 5. The van der Waals surface area contributed by atoms with Crippen LogP contribution < -0.4 is 9.54 Å². The van der Waals surface area contributed by atoms with Crippen molar-refractivity contribution in [3.63, 3.8) is 0 Å². The number of nitrogens with zero attached hydrogens (tertiary/aromatic N) is 2. The first-order valence-corrected chi connectivity index (χ1v) is 11.2. The summed E-state index contributed by atoms with van der Waals surface area (Å²) in [6.07, 6.45) is 0. The molecule has 6 nitrogen and oxygen atoms in total. The van der Waals surface area contributed by atoms with Crippen LogP contribution in [0.3, 0.4) is 0 Å². The van der Waals surface area contributed by atoms with E-state index in [9.17, 15) is 13.2 Å². The van der Waals surface area contributed by atoms with Gasteiger partial charge in [-0.1, -0.05) is 31.3 Å². The Morgan fingerprint density at radius 2 is 1.86 bits per heavy atom. The fraction of sp³-hybridized carbons (Fsp3) is 0.300. The van der Waals surface area contributed by atoms with Crippen molar-refractivity contribution in [2.75, 3.05) is 12.9 Å². The molecular weight excluding hydrogens is 396 g/mol. The Kier molecular flexibility index (Phi) is 5.71. The molecule has 3 aromatic rings. The number of fused-ring (bicyclic) bond motifs is 1. The Balaban J connectivity index is 1.90. The minimum Gasteiger partial charge on any atom is -0.497 e. The van der Waals surface area contributed by atoms with Gasteiger partial charge in [-0.3, -0.25) is 4.79 Å². The maximum absolute atomic E-state index is 12.5. The summed E-state index contributed by atoms with van der Waals surface area (Å²) in [5.74, 6) is -0.422. The van der Waals surface area contributed by atoms with Gasteiger partial charge < -0.3 is 9.30 Å². The van der Waals surface area contributed by atoms with Gasteiger partial charge in [-0.25, -0.2) is 8.42 Å². The van der Waals surface area contributed by atoms with E-state index in [4.69, 9.17) is 4.74 Å². The van der Waals surface area contributed by atoms with Gasteiger partial charge in [-0.05, 0) is 47.9 Å². The number of hydrogen-bond donors (Lipinski definition) is 0. The summed E-state index contributed by atoms with van der Waals surface area (Å²) in [5, 5.41) is 0. The molecule has 0 saturated heterocycles. The van der Waals surface area contributed by atoms with Crippen molar-refractivity contribution in [3.8, 4) is 5.75 Å². The van der Waals surface area contributed by atoms with Gasteiger partial charge in [0.1, 0.15) is 11.5 Å². The Hall–Kier alpha value is -2.45. The van der Waals surface area contributed by atoms with Gasteiger partial charge in [0.15, 0.2) is 14.6 Å². The first-order chi connectivity index (χ1) is 13.2. The predicted octanol–water partition coefficient (Wildman–Crippen LogP) is 3.27. The predicted molar refractivity (Wildman–Crippen MR) is 111 cm³/mol.